The molecule has 4 aromatic carbocycles. The zero-order chi connectivity index (χ0) is 26.9. The first-order valence-corrected chi connectivity index (χ1v) is 12.1. The minimum Gasteiger partial charge on any atom is -0.493 e. The second-order valence-corrected chi connectivity index (χ2v) is 8.74. The number of nitrogens with one attached hydrogen (secondary N) is 1. The summed E-state index contributed by atoms with van der Waals surface area (Å²) in [5.41, 5.74) is 5.33. The molecule has 0 saturated heterocycles. The Kier molecular flexibility index (Phi) is 8.98. The van der Waals surface area contributed by atoms with Crippen LogP contribution in [-0.2, 0) is 4.79 Å². The van der Waals surface area contributed by atoms with Gasteiger partial charge in [-0.05, 0) is 65.2 Å². The lowest BCUT2D eigenvalue weighted by atomic mass is 10.1. The number of halogens is 2. The summed E-state index contributed by atoms with van der Waals surface area (Å²) >= 11 is 12.0. The molecule has 1 N–H and O–H groups in total. The van der Waals surface area contributed by atoms with E-state index >= 15 is 0 Å². The van der Waals surface area contributed by atoms with Crippen molar-refractivity contribution >= 4 is 41.3 Å². The van der Waals surface area contributed by atoms with E-state index in [1.807, 2.05) is 42.5 Å². The van der Waals surface area contributed by atoms with Gasteiger partial charge in [-0.3, -0.25) is 4.79 Å². The molecule has 0 aliphatic heterocycles. The standard InChI is InChI=1S/C29H22Cl2N2O5/c1-36-27-15-19(7-14-26(27)38-29(35)24-13-10-22(30)16-25(24)31)17-32-33-28(34)18-37-23-11-8-21(9-12-23)20-5-3-2-4-6-20/h2-17H,18H2,1H3,(H,33,34)/b32-17-. The SMILES string of the molecule is COc1cc(/C=N\NC(=O)COc2ccc(-c3ccccc3)cc2)ccc1OC(=O)c1ccc(Cl)cc1Cl. The molecule has 4 rings (SSSR count). The van der Waals surface area contributed by atoms with Gasteiger partial charge in [0.05, 0.1) is 23.9 Å². The van der Waals surface area contributed by atoms with Crippen LogP contribution in [0.25, 0.3) is 11.1 Å². The Hall–Kier alpha value is -4.33. The Bertz CT molecular complexity index is 1460. The number of amides is 1. The molecule has 1 amide bonds. The Morgan fingerprint density at radius 3 is 2.32 bits per heavy atom. The van der Waals surface area contributed by atoms with Crippen molar-refractivity contribution in [1.29, 1.82) is 0 Å². The molecule has 0 unspecified atom stereocenters. The summed E-state index contributed by atoms with van der Waals surface area (Å²) in [4.78, 5) is 24.6. The fraction of sp³-hybridized carbons (Fsp3) is 0.0690. The number of methoxy groups -OCH3 is 1. The predicted molar refractivity (Wildman–Crippen MR) is 148 cm³/mol. The first kappa shape index (κ1) is 26.7. The number of hydrazone groups is 1. The number of hydrogen-bond acceptors (Lipinski definition) is 6. The van der Waals surface area contributed by atoms with Crippen LogP contribution in [0.2, 0.25) is 10.0 Å². The van der Waals surface area contributed by atoms with Crippen molar-refractivity contribution in [2.24, 2.45) is 5.10 Å². The van der Waals surface area contributed by atoms with Crippen molar-refractivity contribution in [3.05, 3.63) is 112 Å². The minimum atomic E-state index is -0.659. The Morgan fingerprint density at radius 1 is 0.868 bits per heavy atom. The summed E-state index contributed by atoms with van der Waals surface area (Å²) < 4.78 is 16.3. The normalized spacial score (nSPS) is 10.7. The van der Waals surface area contributed by atoms with E-state index < -0.39 is 11.9 Å². The summed E-state index contributed by atoms with van der Waals surface area (Å²) in [6.07, 6.45) is 1.43. The molecule has 0 radical (unpaired) electrons. The number of hydrogen-bond donors (Lipinski definition) is 1. The van der Waals surface area contributed by atoms with E-state index in [0.29, 0.717) is 22.1 Å². The van der Waals surface area contributed by atoms with Crippen molar-refractivity contribution in [2.75, 3.05) is 13.7 Å². The highest BCUT2D eigenvalue weighted by atomic mass is 35.5. The minimum absolute atomic E-state index is 0.167. The number of carbonyl (C=O) groups excluding carboxylic acids is 2. The molecule has 4 aromatic rings. The fourth-order valence-corrected chi connectivity index (χ4v) is 3.88. The van der Waals surface area contributed by atoms with Crippen LogP contribution < -0.4 is 19.6 Å². The molecule has 0 saturated carbocycles. The van der Waals surface area contributed by atoms with Gasteiger partial charge in [0.1, 0.15) is 5.75 Å². The summed E-state index contributed by atoms with van der Waals surface area (Å²) in [7, 11) is 1.44. The van der Waals surface area contributed by atoms with E-state index in [2.05, 4.69) is 10.5 Å². The summed E-state index contributed by atoms with van der Waals surface area (Å²) in [5.74, 6) is -0.0324. The van der Waals surface area contributed by atoms with Crippen LogP contribution >= 0.6 is 23.2 Å². The second-order valence-electron chi connectivity index (χ2n) is 7.90. The summed E-state index contributed by atoms with van der Waals surface area (Å²) in [6.45, 7) is -0.201. The van der Waals surface area contributed by atoms with Gasteiger partial charge in [-0.25, -0.2) is 10.2 Å². The lowest BCUT2D eigenvalue weighted by molar-refractivity contribution is -0.123. The van der Waals surface area contributed by atoms with E-state index in [1.165, 1.54) is 25.5 Å². The van der Waals surface area contributed by atoms with Gasteiger partial charge in [-0.15, -0.1) is 0 Å². The molecule has 38 heavy (non-hydrogen) atoms. The number of rotatable bonds is 9. The number of carbonyl (C=O) groups is 2. The van der Waals surface area contributed by atoms with E-state index in [1.54, 1.807) is 36.4 Å². The van der Waals surface area contributed by atoms with Gasteiger partial charge in [0.25, 0.3) is 5.91 Å². The van der Waals surface area contributed by atoms with Gasteiger partial charge in [-0.2, -0.15) is 5.10 Å². The van der Waals surface area contributed by atoms with Gasteiger partial charge in [0, 0.05) is 5.02 Å². The van der Waals surface area contributed by atoms with Crippen LogP contribution in [0.15, 0.2) is 96.1 Å². The Balaban J connectivity index is 1.29. The van der Waals surface area contributed by atoms with Crippen molar-refractivity contribution in [3.63, 3.8) is 0 Å². The monoisotopic (exact) mass is 548 g/mol. The fourth-order valence-electron chi connectivity index (χ4n) is 3.39. The van der Waals surface area contributed by atoms with Crippen LogP contribution in [-0.4, -0.2) is 31.8 Å². The van der Waals surface area contributed by atoms with E-state index in [9.17, 15) is 9.59 Å². The van der Waals surface area contributed by atoms with Crippen LogP contribution in [0, 0.1) is 0 Å². The Morgan fingerprint density at radius 2 is 1.61 bits per heavy atom. The maximum Gasteiger partial charge on any atom is 0.345 e. The molecule has 7 nitrogen and oxygen atoms in total. The highest BCUT2D eigenvalue weighted by Crippen LogP contribution is 2.30. The largest absolute Gasteiger partial charge is 0.493 e. The van der Waals surface area contributed by atoms with E-state index in [-0.39, 0.29) is 22.9 Å². The van der Waals surface area contributed by atoms with Gasteiger partial charge in [0.15, 0.2) is 18.1 Å². The zero-order valence-corrected chi connectivity index (χ0v) is 21.7. The van der Waals surface area contributed by atoms with Crippen molar-refractivity contribution < 1.29 is 23.8 Å². The highest BCUT2D eigenvalue weighted by Gasteiger charge is 2.16. The van der Waals surface area contributed by atoms with Gasteiger partial charge >= 0.3 is 5.97 Å². The molecule has 0 fully saturated rings. The van der Waals surface area contributed by atoms with Crippen LogP contribution in [0.1, 0.15) is 15.9 Å². The molecule has 0 aromatic heterocycles. The molecule has 0 aliphatic rings. The van der Waals surface area contributed by atoms with Crippen molar-refractivity contribution in [2.45, 2.75) is 0 Å². The molecule has 9 heteroatoms. The smallest absolute Gasteiger partial charge is 0.345 e. The second kappa shape index (κ2) is 12.8. The first-order chi connectivity index (χ1) is 18.4. The average molecular weight is 549 g/mol. The summed E-state index contributed by atoms with van der Waals surface area (Å²) in [5, 5.41) is 4.52. The third kappa shape index (κ3) is 7.12. The lowest BCUT2D eigenvalue weighted by Gasteiger charge is -2.10. The molecular weight excluding hydrogens is 527 g/mol. The molecule has 0 atom stereocenters. The maximum atomic E-state index is 12.5. The summed E-state index contributed by atoms with van der Waals surface area (Å²) in [6, 6.07) is 26.7. The zero-order valence-electron chi connectivity index (χ0n) is 20.2. The molecule has 0 spiro atoms. The van der Waals surface area contributed by atoms with Gasteiger partial charge in [-0.1, -0.05) is 65.7 Å². The topological polar surface area (TPSA) is 86.2 Å². The third-order valence-electron chi connectivity index (χ3n) is 5.28. The maximum absolute atomic E-state index is 12.5. The van der Waals surface area contributed by atoms with Gasteiger partial charge < -0.3 is 14.2 Å². The van der Waals surface area contributed by atoms with Crippen molar-refractivity contribution in [1.82, 2.24) is 5.43 Å². The Labute approximate surface area is 229 Å². The number of nitrogens with zero attached hydrogens (tertiary/aromatic N) is 1. The number of ether oxygens (including phenoxy) is 3. The van der Waals surface area contributed by atoms with Crippen LogP contribution in [0.5, 0.6) is 17.2 Å². The quantitative estimate of drug-likeness (QED) is 0.113. The molecule has 192 valence electrons. The average Bonchev–Trinajstić information content (AvgIpc) is 2.93. The third-order valence-corrected chi connectivity index (χ3v) is 5.82. The number of benzene rings is 4. The molecular formula is C29H22Cl2N2O5. The first-order valence-electron chi connectivity index (χ1n) is 11.4. The van der Waals surface area contributed by atoms with Crippen molar-refractivity contribution in [3.8, 4) is 28.4 Å². The molecule has 0 aliphatic carbocycles. The highest BCUT2D eigenvalue weighted by molar-refractivity contribution is 6.36. The van der Waals surface area contributed by atoms with Gasteiger partial charge in [0.2, 0.25) is 0 Å². The molecule has 0 bridgehead atoms. The van der Waals surface area contributed by atoms with E-state index in [4.69, 9.17) is 37.4 Å². The lowest BCUT2D eigenvalue weighted by Crippen LogP contribution is -2.24. The van der Waals surface area contributed by atoms with Crippen LogP contribution in [0.3, 0.4) is 0 Å². The van der Waals surface area contributed by atoms with E-state index in [0.717, 1.165) is 11.1 Å². The molecule has 0 heterocycles. The predicted octanol–water partition coefficient (Wildman–Crippen LogP) is 6.42. The van der Waals surface area contributed by atoms with Crippen LogP contribution in [0.4, 0.5) is 0 Å². The number of esters is 1.